The molecule has 3 heterocycles. The lowest BCUT2D eigenvalue weighted by Gasteiger charge is -2.06. The van der Waals surface area contributed by atoms with E-state index in [1.54, 1.807) is 23.6 Å². The summed E-state index contributed by atoms with van der Waals surface area (Å²) in [6, 6.07) is 3.84. The van der Waals surface area contributed by atoms with Crippen LogP contribution in [0.15, 0.2) is 22.9 Å². The Balaban J connectivity index is 1.96. The third kappa shape index (κ3) is 2.35. The molecule has 4 N–H and O–H groups in total. The Hall–Kier alpha value is -2.19. The van der Waals surface area contributed by atoms with Crippen molar-refractivity contribution in [2.45, 2.75) is 13.5 Å². The molecule has 0 atom stereocenters. The van der Waals surface area contributed by atoms with E-state index in [9.17, 15) is 0 Å². The maximum Gasteiger partial charge on any atom is 0.240 e. The van der Waals surface area contributed by atoms with Crippen LogP contribution in [0.3, 0.4) is 0 Å². The maximum atomic E-state index is 5.38. The molecule has 0 amide bonds. The summed E-state index contributed by atoms with van der Waals surface area (Å²) in [5.41, 5.74) is 2.47. The minimum absolute atomic E-state index is 0.384. The van der Waals surface area contributed by atoms with Crippen molar-refractivity contribution >= 4 is 33.3 Å². The average molecular weight is 276 g/mol. The van der Waals surface area contributed by atoms with E-state index in [4.69, 9.17) is 10.4 Å². The molecule has 3 aromatic heterocycles. The van der Waals surface area contributed by atoms with Gasteiger partial charge in [0.1, 0.15) is 10.6 Å². The predicted octanol–water partition coefficient (Wildman–Crippen LogP) is 1.89. The van der Waals surface area contributed by atoms with Crippen molar-refractivity contribution < 1.29 is 4.52 Å². The maximum absolute atomic E-state index is 5.38. The lowest BCUT2D eigenvalue weighted by molar-refractivity contribution is 0.388. The largest absolute Gasteiger partial charge is 0.362 e. The molecule has 7 nitrogen and oxygen atoms in total. The first-order chi connectivity index (χ1) is 9.26. The van der Waals surface area contributed by atoms with Crippen LogP contribution in [0.2, 0.25) is 0 Å². The number of nitrogen functional groups attached to an aromatic ring is 1. The molecule has 0 aliphatic carbocycles. The SMILES string of the molecule is Cc1cc2c(NCc3ccno3)nc(NN)nc2s1. The fourth-order valence-electron chi connectivity index (χ4n) is 1.75. The van der Waals surface area contributed by atoms with Crippen LogP contribution >= 0.6 is 11.3 Å². The van der Waals surface area contributed by atoms with Crippen LogP contribution in [0.1, 0.15) is 10.6 Å². The first kappa shape index (κ1) is 11.9. The Morgan fingerprint density at radius 1 is 1.42 bits per heavy atom. The second-order valence-corrected chi connectivity index (χ2v) is 5.18. The molecule has 0 spiro atoms. The number of aromatic nitrogens is 3. The van der Waals surface area contributed by atoms with Gasteiger partial charge < -0.3 is 9.84 Å². The van der Waals surface area contributed by atoms with Gasteiger partial charge in [-0.15, -0.1) is 11.3 Å². The van der Waals surface area contributed by atoms with E-state index in [1.165, 1.54) is 4.88 Å². The number of anilines is 2. The Kier molecular flexibility index (Phi) is 3.02. The van der Waals surface area contributed by atoms with Crippen LogP contribution in [0.5, 0.6) is 0 Å². The highest BCUT2D eigenvalue weighted by atomic mass is 32.1. The quantitative estimate of drug-likeness (QED) is 0.494. The molecular weight excluding hydrogens is 264 g/mol. The number of aryl methyl sites for hydroxylation is 1. The highest BCUT2D eigenvalue weighted by Gasteiger charge is 2.10. The Labute approximate surface area is 112 Å². The third-order valence-corrected chi connectivity index (χ3v) is 3.51. The molecule has 8 heteroatoms. The minimum atomic E-state index is 0.384. The van der Waals surface area contributed by atoms with Crippen molar-refractivity contribution in [2.75, 3.05) is 10.7 Å². The van der Waals surface area contributed by atoms with Crippen molar-refractivity contribution in [1.29, 1.82) is 0 Å². The smallest absolute Gasteiger partial charge is 0.240 e. The van der Waals surface area contributed by atoms with Crippen LogP contribution < -0.4 is 16.6 Å². The van der Waals surface area contributed by atoms with Gasteiger partial charge in [-0.25, -0.2) is 10.8 Å². The number of rotatable bonds is 4. The number of thiophene rings is 1. The Morgan fingerprint density at radius 3 is 3.05 bits per heavy atom. The zero-order valence-electron chi connectivity index (χ0n) is 10.2. The van der Waals surface area contributed by atoms with Crippen LogP contribution in [0, 0.1) is 6.92 Å². The van der Waals surface area contributed by atoms with Gasteiger partial charge in [-0.1, -0.05) is 5.16 Å². The molecule has 0 aliphatic rings. The molecule has 0 unspecified atom stereocenters. The van der Waals surface area contributed by atoms with Gasteiger partial charge in [0.2, 0.25) is 5.95 Å². The third-order valence-electron chi connectivity index (χ3n) is 2.57. The van der Waals surface area contributed by atoms with Crippen molar-refractivity contribution in [2.24, 2.45) is 5.84 Å². The molecule has 0 radical (unpaired) electrons. The van der Waals surface area contributed by atoms with Gasteiger partial charge in [0, 0.05) is 10.9 Å². The summed E-state index contributed by atoms with van der Waals surface area (Å²) in [6.07, 6.45) is 1.61. The Morgan fingerprint density at radius 2 is 2.32 bits per heavy atom. The Bertz CT molecular complexity index is 693. The molecular formula is C11H12N6OS. The molecule has 0 saturated carbocycles. The summed E-state index contributed by atoms with van der Waals surface area (Å²) in [5.74, 6) is 7.22. The van der Waals surface area contributed by atoms with Gasteiger partial charge in [-0.3, -0.25) is 5.43 Å². The van der Waals surface area contributed by atoms with Crippen molar-refractivity contribution in [3.8, 4) is 0 Å². The molecule has 19 heavy (non-hydrogen) atoms. The van der Waals surface area contributed by atoms with E-state index in [0.29, 0.717) is 12.5 Å². The van der Waals surface area contributed by atoms with E-state index < -0.39 is 0 Å². The molecule has 0 saturated heterocycles. The van der Waals surface area contributed by atoms with Crippen molar-refractivity contribution in [1.82, 2.24) is 15.1 Å². The van der Waals surface area contributed by atoms with Gasteiger partial charge in [-0.2, -0.15) is 4.98 Å². The van der Waals surface area contributed by atoms with Gasteiger partial charge in [0.25, 0.3) is 0 Å². The molecule has 0 fully saturated rings. The van der Waals surface area contributed by atoms with Gasteiger partial charge >= 0.3 is 0 Å². The summed E-state index contributed by atoms with van der Waals surface area (Å²) in [4.78, 5) is 10.7. The first-order valence-corrected chi connectivity index (χ1v) is 6.46. The second kappa shape index (κ2) is 4.82. The number of hydrazine groups is 1. The molecule has 0 aliphatic heterocycles. The predicted molar refractivity (Wildman–Crippen MR) is 73.8 cm³/mol. The molecule has 3 rings (SSSR count). The van der Waals surface area contributed by atoms with Crippen LogP contribution in [-0.4, -0.2) is 15.1 Å². The van der Waals surface area contributed by atoms with Gasteiger partial charge in [0.05, 0.1) is 18.1 Å². The standard InChI is InChI=1S/C11H12N6OS/c1-6-4-8-9(13-5-7-2-3-14-18-7)15-11(17-12)16-10(8)19-6/h2-4H,5,12H2,1H3,(H2,13,15,16,17). The topological polar surface area (TPSA) is 102 Å². The number of nitrogens with one attached hydrogen (secondary N) is 2. The van der Waals surface area contributed by atoms with Crippen molar-refractivity contribution in [3.05, 3.63) is 29.0 Å². The lowest BCUT2D eigenvalue weighted by atomic mass is 10.3. The summed E-state index contributed by atoms with van der Waals surface area (Å²) in [6.45, 7) is 2.53. The zero-order chi connectivity index (χ0) is 13.2. The summed E-state index contributed by atoms with van der Waals surface area (Å²) >= 11 is 1.60. The van der Waals surface area contributed by atoms with Crippen molar-refractivity contribution in [3.63, 3.8) is 0 Å². The normalized spacial score (nSPS) is 10.8. The molecule has 0 aromatic carbocycles. The fraction of sp³-hybridized carbons (Fsp3) is 0.182. The van der Waals surface area contributed by atoms with Crippen LogP contribution in [0.25, 0.3) is 10.2 Å². The molecule has 3 aromatic rings. The number of nitrogens with zero attached hydrogens (tertiary/aromatic N) is 3. The second-order valence-electron chi connectivity index (χ2n) is 3.95. The summed E-state index contributed by atoms with van der Waals surface area (Å²) in [7, 11) is 0. The van der Waals surface area contributed by atoms with Gasteiger partial charge in [-0.05, 0) is 13.0 Å². The fourth-order valence-corrected chi connectivity index (χ4v) is 2.62. The van der Waals surface area contributed by atoms with E-state index in [0.717, 1.165) is 21.8 Å². The zero-order valence-corrected chi connectivity index (χ0v) is 11.0. The van der Waals surface area contributed by atoms with Crippen LogP contribution in [0.4, 0.5) is 11.8 Å². The molecule has 0 bridgehead atoms. The highest BCUT2D eigenvalue weighted by molar-refractivity contribution is 7.18. The summed E-state index contributed by atoms with van der Waals surface area (Å²) in [5, 5.41) is 7.83. The van der Waals surface area contributed by atoms with E-state index >= 15 is 0 Å². The molecule has 98 valence electrons. The lowest BCUT2D eigenvalue weighted by Crippen LogP contribution is -2.12. The summed E-state index contributed by atoms with van der Waals surface area (Å²) < 4.78 is 5.04. The van der Waals surface area contributed by atoms with E-state index in [-0.39, 0.29) is 0 Å². The van der Waals surface area contributed by atoms with E-state index in [1.807, 2.05) is 13.0 Å². The number of hydrogen-bond acceptors (Lipinski definition) is 8. The first-order valence-electron chi connectivity index (χ1n) is 5.64. The minimum Gasteiger partial charge on any atom is -0.362 e. The number of hydrogen-bond donors (Lipinski definition) is 3. The van der Waals surface area contributed by atoms with Crippen LogP contribution in [-0.2, 0) is 6.54 Å². The monoisotopic (exact) mass is 276 g/mol. The van der Waals surface area contributed by atoms with E-state index in [2.05, 4.69) is 25.9 Å². The number of fused-ring (bicyclic) bond motifs is 1. The number of nitrogens with two attached hydrogens (primary N) is 1. The van der Waals surface area contributed by atoms with Gasteiger partial charge in [0.15, 0.2) is 5.76 Å². The highest BCUT2D eigenvalue weighted by Crippen LogP contribution is 2.29. The average Bonchev–Trinajstić information content (AvgIpc) is 3.03.